The zero-order valence-electron chi connectivity index (χ0n) is 17.1. The Labute approximate surface area is 174 Å². The van der Waals surface area contributed by atoms with Crippen LogP contribution in [0.1, 0.15) is 21.5 Å². The molecular weight excluding hydrogens is 382 g/mol. The highest BCUT2D eigenvalue weighted by molar-refractivity contribution is 6.06. The molecule has 0 aliphatic rings. The summed E-state index contributed by atoms with van der Waals surface area (Å²) in [7, 11) is 3.27. The molecule has 0 saturated carbocycles. The maximum atomic E-state index is 12.2. The molecule has 1 heterocycles. The fraction of sp³-hybridized carbons (Fsp3) is 0.174. The fourth-order valence-electron chi connectivity index (χ4n) is 2.77. The number of carbonyl (C=O) groups is 2. The summed E-state index contributed by atoms with van der Waals surface area (Å²) in [6, 6.07) is 12.7. The van der Waals surface area contributed by atoms with E-state index in [1.165, 1.54) is 19.4 Å². The van der Waals surface area contributed by atoms with Gasteiger partial charge in [0.2, 0.25) is 0 Å². The predicted molar refractivity (Wildman–Crippen MR) is 115 cm³/mol. The van der Waals surface area contributed by atoms with Gasteiger partial charge in [-0.15, -0.1) is 0 Å². The standard InChI is InChI=1S/C23H23N3O4/c1-16-6-4-5-7-19(16)25-23(28)15-30-21-11-9-17(12-22(21)29-3)8-10-20(27)18-13-24-26(2)14-18/h4-14H,15H2,1-3H3,(H,25,28)/b10-8+. The summed E-state index contributed by atoms with van der Waals surface area (Å²) < 4.78 is 12.6. The molecule has 3 aromatic rings. The highest BCUT2D eigenvalue weighted by Gasteiger charge is 2.10. The minimum absolute atomic E-state index is 0.143. The number of carbonyl (C=O) groups excluding carboxylic acids is 2. The second kappa shape index (κ2) is 9.56. The van der Waals surface area contributed by atoms with E-state index in [1.807, 2.05) is 31.2 Å². The molecule has 7 nitrogen and oxygen atoms in total. The highest BCUT2D eigenvalue weighted by atomic mass is 16.5. The Kier molecular flexibility index (Phi) is 6.64. The third kappa shape index (κ3) is 5.35. The van der Waals surface area contributed by atoms with Crippen LogP contribution in [0.5, 0.6) is 11.5 Å². The predicted octanol–water partition coefficient (Wildman–Crippen LogP) is 3.65. The summed E-state index contributed by atoms with van der Waals surface area (Å²) >= 11 is 0. The SMILES string of the molecule is COc1cc(/C=C/C(=O)c2cnn(C)c2)ccc1OCC(=O)Nc1ccccc1C. The lowest BCUT2D eigenvalue weighted by atomic mass is 10.1. The molecule has 0 aliphatic carbocycles. The van der Waals surface area contributed by atoms with Crippen LogP contribution in [-0.2, 0) is 11.8 Å². The smallest absolute Gasteiger partial charge is 0.262 e. The van der Waals surface area contributed by atoms with E-state index in [0.29, 0.717) is 17.1 Å². The van der Waals surface area contributed by atoms with Gasteiger partial charge < -0.3 is 14.8 Å². The van der Waals surface area contributed by atoms with Gasteiger partial charge in [-0.25, -0.2) is 0 Å². The number of aryl methyl sites for hydroxylation is 2. The van der Waals surface area contributed by atoms with Gasteiger partial charge in [-0.2, -0.15) is 5.10 Å². The van der Waals surface area contributed by atoms with Crippen molar-refractivity contribution in [2.24, 2.45) is 7.05 Å². The zero-order valence-corrected chi connectivity index (χ0v) is 17.1. The summed E-state index contributed by atoms with van der Waals surface area (Å²) in [5, 5.41) is 6.81. The maximum Gasteiger partial charge on any atom is 0.262 e. The molecule has 0 fully saturated rings. The third-order valence-electron chi connectivity index (χ3n) is 4.38. The largest absolute Gasteiger partial charge is 0.493 e. The molecule has 2 aromatic carbocycles. The van der Waals surface area contributed by atoms with Gasteiger partial charge in [-0.1, -0.05) is 30.3 Å². The van der Waals surface area contributed by atoms with Crippen molar-refractivity contribution in [3.8, 4) is 11.5 Å². The van der Waals surface area contributed by atoms with Crippen LogP contribution in [0.15, 0.2) is 60.9 Å². The van der Waals surface area contributed by atoms with Gasteiger partial charge in [0.05, 0.1) is 18.9 Å². The number of ketones is 1. The lowest BCUT2D eigenvalue weighted by molar-refractivity contribution is -0.118. The van der Waals surface area contributed by atoms with Gasteiger partial charge in [0.1, 0.15) is 0 Å². The Bertz CT molecular complexity index is 1090. The summed E-state index contributed by atoms with van der Waals surface area (Å²) in [5.41, 5.74) is 3.00. The first-order valence-electron chi connectivity index (χ1n) is 9.33. The van der Waals surface area contributed by atoms with Gasteiger partial charge in [0, 0.05) is 18.9 Å². The van der Waals surface area contributed by atoms with E-state index in [0.717, 1.165) is 16.8 Å². The first-order valence-corrected chi connectivity index (χ1v) is 9.33. The molecule has 0 atom stereocenters. The summed E-state index contributed by atoms with van der Waals surface area (Å²) in [5.74, 6) is 0.496. The molecule has 7 heteroatoms. The lowest BCUT2D eigenvalue weighted by Crippen LogP contribution is -2.20. The van der Waals surface area contributed by atoms with Crippen molar-refractivity contribution >= 4 is 23.5 Å². The number of para-hydroxylation sites is 1. The average molecular weight is 405 g/mol. The van der Waals surface area contributed by atoms with Crippen LogP contribution in [0.25, 0.3) is 6.08 Å². The monoisotopic (exact) mass is 405 g/mol. The van der Waals surface area contributed by atoms with E-state index < -0.39 is 0 Å². The highest BCUT2D eigenvalue weighted by Crippen LogP contribution is 2.28. The number of methoxy groups -OCH3 is 1. The van der Waals surface area contributed by atoms with E-state index in [9.17, 15) is 9.59 Å². The lowest BCUT2D eigenvalue weighted by Gasteiger charge is -2.12. The number of anilines is 1. The molecule has 0 bridgehead atoms. The van der Waals surface area contributed by atoms with Gasteiger partial charge in [0.15, 0.2) is 23.9 Å². The van der Waals surface area contributed by atoms with E-state index in [1.54, 1.807) is 42.2 Å². The Morgan fingerprint density at radius 3 is 2.67 bits per heavy atom. The number of amides is 1. The molecule has 0 saturated heterocycles. The average Bonchev–Trinajstić information content (AvgIpc) is 3.18. The van der Waals surface area contributed by atoms with Crippen LogP contribution in [0, 0.1) is 6.92 Å². The van der Waals surface area contributed by atoms with E-state index in [4.69, 9.17) is 9.47 Å². The number of aromatic nitrogens is 2. The number of hydrogen-bond donors (Lipinski definition) is 1. The zero-order chi connectivity index (χ0) is 21.5. The second-order valence-electron chi connectivity index (χ2n) is 6.66. The van der Waals surface area contributed by atoms with Gasteiger partial charge in [-0.05, 0) is 42.3 Å². The quantitative estimate of drug-likeness (QED) is 0.457. The van der Waals surface area contributed by atoms with Crippen LogP contribution in [-0.4, -0.2) is 35.2 Å². The van der Waals surface area contributed by atoms with E-state index in [-0.39, 0.29) is 18.3 Å². The summed E-state index contributed by atoms with van der Waals surface area (Å²) in [4.78, 5) is 24.3. The Morgan fingerprint density at radius 1 is 1.17 bits per heavy atom. The molecule has 0 unspecified atom stereocenters. The molecule has 30 heavy (non-hydrogen) atoms. The molecule has 0 aliphatic heterocycles. The Hall–Kier alpha value is -3.87. The minimum atomic E-state index is -0.266. The first-order chi connectivity index (χ1) is 14.5. The molecule has 3 rings (SSSR count). The molecule has 1 N–H and O–H groups in total. The second-order valence-corrected chi connectivity index (χ2v) is 6.66. The Balaban J connectivity index is 1.62. The van der Waals surface area contributed by atoms with Crippen molar-refractivity contribution in [2.45, 2.75) is 6.92 Å². The van der Waals surface area contributed by atoms with Crippen molar-refractivity contribution in [1.29, 1.82) is 0 Å². The number of nitrogens with zero attached hydrogens (tertiary/aromatic N) is 2. The summed E-state index contributed by atoms with van der Waals surface area (Å²) in [6.07, 6.45) is 6.34. The van der Waals surface area contributed by atoms with Crippen molar-refractivity contribution < 1.29 is 19.1 Å². The maximum absolute atomic E-state index is 12.2. The Morgan fingerprint density at radius 2 is 1.97 bits per heavy atom. The van der Waals surface area contributed by atoms with Crippen LogP contribution < -0.4 is 14.8 Å². The first kappa shape index (κ1) is 20.9. The van der Waals surface area contributed by atoms with Crippen molar-refractivity contribution in [2.75, 3.05) is 19.0 Å². The number of hydrogen-bond acceptors (Lipinski definition) is 5. The summed E-state index contributed by atoms with van der Waals surface area (Å²) in [6.45, 7) is 1.77. The van der Waals surface area contributed by atoms with E-state index in [2.05, 4.69) is 10.4 Å². The van der Waals surface area contributed by atoms with Gasteiger partial charge in [-0.3, -0.25) is 14.3 Å². The van der Waals surface area contributed by atoms with Crippen molar-refractivity contribution in [3.05, 3.63) is 77.6 Å². The molecule has 154 valence electrons. The van der Waals surface area contributed by atoms with Crippen LogP contribution >= 0.6 is 0 Å². The number of nitrogens with one attached hydrogen (secondary N) is 1. The van der Waals surface area contributed by atoms with Crippen molar-refractivity contribution in [1.82, 2.24) is 9.78 Å². The number of rotatable bonds is 8. The van der Waals surface area contributed by atoms with Crippen LogP contribution in [0.3, 0.4) is 0 Å². The minimum Gasteiger partial charge on any atom is -0.493 e. The molecule has 1 amide bonds. The van der Waals surface area contributed by atoms with Crippen molar-refractivity contribution in [3.63, 3.8) is 0 Å². The van der Waals surface area contributed by atoms with Crippen LogP contribution in [0.4, 0.5) is 5.69 Å². The molecule has 1 aromatic heterocycles. The van der Waals surface area contributed by atoms with Gasteiger partial charge >= 0.3 is 0 Å². The molecular formula is C23H23N3O4. The fourth-order valence-corrected chi connectivity index (χ4v) is 2.77. The molecule has 0 radical (unpaired) electrons. The number of allylic oxidation sites excluding steroid dienone is 1. The topological polar surface area (TPSA) is 82.4 Å². The van der Waals surface area contributed by atoms with Crippen LogP contribution in [0.2, 0.25) is 0 Å². The normalized spacial score (nSPS) is 10.8. The molecule has 0 spiro atoms. The number of ether oxygens (including phenoxy) is 2. The van der Waals surface area contributed by atoms with Gasteiger partial charge in [0.25, 0.3) is 5.91 Å². The number of benzene rings is 2. The van der Waals surface area contributed by atoms with E-state index >= 15 is 0 Å². The third-order valence-corrected chi connectivity index (χ3v) is 4.38.